The van der Waals surface area contributed by atoms with Crippen LogP contribution in [0.4, 0.5) is 30.2 Å². The molecule has 0 aliphatic carbocycles. The molecule has 0 unspecified atom stereocenters. The molecule has 0 fully saturated rings. The minimum atomic E-state index is -4.48. The number of unbranched alkanes of at least 4 members (excludes halogenated alkanes) is 1. The number of hydrogen-bond donors (Lipinski definition) is 2. The molecule has 0 bridgehead atoms. The number of carbonyl (C=O) groups is 2. The van der Waals surface area contributed by atoms with E-state index < -0.39 is 17.7 Å². The molecule has 3 aromatic rings. The third kappa shape index (κ3) is 25.5. The predicted octanol–water partition coefficient (Wildman–Crippen LogP) is 6.82. The van der Waals surface area contributed by atoms with Crippen molar-refractivity contribution >= 4 is 29.0 Å². The van der Waals surface area contributed by atoms with E-state index >= 15 is 0 Å². The van der Waals surface area contributed by atoms with E-state index in [4.69, 9.17) is 52.1 Å². The van der Waals surface area contributed by atoms with Gasteiger partial charge in [0.05, 0.1) is 141 Å². The Kier molecular flexibility index (Phi) is 28.7. The van der Waals surface area contributed by atoms with Gasteiger partial charge in [-0.15, -0.1) is 0 Å². The summed E-state index contributed by atoms with van der Waals surface area (Å²) in [4.78, 5) is 24.8. The summed E-state index contributed by atoms with van der Waals surface area (Å²) in [6.07, 6.45) is -2.27. The predicted molar refractivity (Wildman–Crippen MR) is 229 cm³/mol. The van der Waals surface area contributed by atoms with Crippen LogP contribution in [0.1, 0.15) is 46.0 Å². The van der Waals surface area contributed by atoms with Crippen LogP contribution in [-0.2, 0) is 58.3 Å². The van der Waals surface area contributed by atoms with Crippen molar-refractivity contribution in [2.24, 2.45) is 0 Å². The molecule has 0 aliphatic rings. The van der Waals surface area contributed by atoms with Crippen molar-refractivity contribution in [1.82, 2.24) is 0 Å². The first-order valence-electron chi connectivity index (χ1n) is 21.2. The van der Waals surface area contributed by atoms with Crippen molar-refractivity contribution in [3.63, 3.8) is 0 Å². The lowest BCUT2D eigenvalue weighted by Gasteiger charge is -2.13. The van der Waals surface area contributed by atoms with Crippen molar-refractivity contribution in [3.8, 4) is 0 Å². The molecule has 0 saturated heterocycles. The maximum absolute atomic E-state index is 13.1. The molecule has 2 N–H and O–H groups in total. The molecule has 0 aromatic heterocycles. The van der Waals surface area contributed by atoms with Gasteiger partial charge in [-0.25, -0.2) is 9.59 Å². The molecule has 0 heterocycles. The van der Waals surface area contributed by atoms with Gasteiger partial charge in [0.1, 0.15) is 13.2 Å². The molecule has 3 rings (SSSR count). The Bertz CT molecular complexity index is 1640. The van der Waals surface area contributed by atoms with Crippen molar-refractivity contribution in [2.45, 2.75) is 25.9 Å². The van der Waals surface area contributed by atoms with Crippen LogP contribution in [0.15, 0.2) is 72.8 Å². The quantitative estimate of drug-likeness (QED) is 0.0455. The van der Waals surface area contributed by atoms with Gasteiger partial charge in [-0.05, 0) is 61.0 Å². The van der Waals surface area contributed by atoms with Gasteiger partial charge < -0.3 is 62.7 Å². The van der Waals surface area contributed by atoms with E-state index in [0.717, 1.165) is 37.2 Å². The highest BCUT2D eigenvalue weighted by atomic mass is 19.4. The summed E-state index contributed by atoms with van der Waals surface area (Å²) < 4.78 is 99.0. The van der Waals surface area contributed by atoms with Gasteiger partial charge in [-0.2, -0.15) is 13.2 Å². The van der Waals surface area contributed by atoms with E-state index in [9.17, 15) is 22.8 Å². The molecule has 15 nitrogen and oxygen atoms in total. The SMILES string of the molecule is CCCCNc1ccc(C(=O)OCCOCCOCCOCCOCCOCCOCCOCCOCCOCCOC(=O)c2ccccc2Nc2cccc(C(F)(F)F)c2)cc1. The summed E-state index contributed by atoms with van der Waals surface area (Å²) in [6, 6.07) is 18.4. The van der Waals surface area contributed by atoms with Crippen molar-refractivity contribution in [1.29, 1.82) is 0 Å². The lowest BCUT2D eigenvalue weighted by molar-refractivity contribution is -0.137. The molecular weight excluding hydrogens is 833 g/mol. The average molecular weight is 897 g/mol. The Morgan fingerprint density at radius 2 is 0.921 bits per heavy atom. The Labute approximate surface area is 368 Å². The smallest absolute Gasteiger partial charge is 0.416 e. The highest BCUT2D eigenvalue weighted by molar-refractivity contribution is 5.96. The number of ether oxygens (including phenoxy) is 11. The average Bonchev–Trinajstić information content (AvgIpc) is 3.28. The number of anilines is 3. The normalized spacial score (nSPS) is 11.4. The number of alkyl halides is 3. The van der Waals surface area contributed by atoms with Gasteiger partial charge in [-0.3, -0.25) is 0 Å². The molecule has 3 aromatic carbocycles. The van der Waals surface area contributed by atoms with Crippen molar-refractivity contribution in [2.75, 3.05) is 149 Å². The van der Waals surface area contributed by atoms with Crippen LogP contribution < -0.4 is 10.6 Å². The fraction of sp³-hybridized carbons (Fsp3) is 0.556. The highest BCUT2D eigenvalue weighted by Gasteiger charge is 2.30. The number of carbonyl (C=O) groups excluding carboxylic acids is 2. The van der Waals surface area contributed by atoms with E-state index in [1.165, 1.54) is 18.2 Å². The monoisotopic (exact) mass is 896 g/mol. The van der Waals surface area contributed by atoms with Crippen LogP contribution in [0.3, 0.4) is 0 Å². The van der Waals surface area contributed by atoms with Gasteiger partial charge in [0.2, 0.25) is 0 Å². The van der Waals surface area contributed by atoms with E-state index in [1.807, 2.05) is 12.1 Å². The number of halogens is 3. The van der Waals surface area contributed by atoms with Gasteiger partial charge >= 0.3 is 18.1 Å². The number of hydrogen-bond acceptors (Lipinski definition) is 15. The number of para-hydroxylation sites is 1. The molecule has 0 aliphatic heterocycles. The second kappa shape index (κ2) is 34.1. The summed E-state index contributed by atoms with van der Waals surface area (Å²) in [7, 11) is 0. The molecule has 0 amide bonds. The number of esters is 2. The van der Waals surface area contributed by atoms with Gasteiger partial charge in [0.15, 0.2) is 0 Å². The fourth-order valence-corrected chi connectivity index (χ4v) is 5.24. The number of rotatable bonds is 38. The minimum absolute atomic E-state index is 0.00913. The second-order valence-electron chi connectivity index (χ2n) is 13.4. The number of benzene rings is 3. The molecule has 18 heteroatoms. The van der Waals surface area contributed by atoms with Crippen LogP contribution in [0, 0.1) is 0 Å². The lowest BCUT2D eigenvalue weighted by atomic mass is 10.1. The molecule has 63 heavy (non-hydrogen) atoms. The number of nitrogens with one attached hydrogen (secondary N) is 2. The first-order chi connectivity index (χ1) is 30.8. The molecule has 352 valence electrons. The molecule has 0 spiro atoms. The standard InChI is InChI=1S/C45H63F3N2O13/c1-2-3-15-49-39-13-11-37(12-14-39)43(51)62-34-32-60-30-28-58-26-24-56-22-20-54-18-16-53-17-19-55-21-23-57-25-27-59-29-31-61-33-35-63-44(52)41-9-4-5-10-42(41)50-40-8-6-7-38(36-40)45(46,47)48/h4-14,36,49-50H,2-3,15-35H2,1H3. The van der Waals surface area contributed by atoms with Crippen molar-refractivity contribution < 1.29 is 74.9 Å². The van der Waals surface area contributed by atoms with E-state index in [1.54, 1.807) is 30.3 Å². The Balaban J connectivity index is 0.987. The van der Waals surface area contributed by atoms with Crippen LogP contribution in [0.2, 0.25) is 0 Å². The lowest BCUT2D eigenvalue weighted by Crippen LogP contribution is -2.16. The Morgan fingerprint density at radius 3 is 1.37 bits per heavy atom. The first kappa shape index (κ1) is 53.0. The fourth-order valence-electron chi connectivity index (χ4n) is 5.24. The summed E-state index contributed by atoms with van der Waals surface area (Å²) in [6.45, 7) is 10.2. The third-order valence-electron chi connectivity index (χ3n) is 8.49. The van der Waals surface area contributed by atoms with Crippen LogP contribution >= 0.6 is 0 Å². The van der Waals surface area contributed by atoms with Crippen molar-refractivity contribution in [3.05, 3.63) is 89.5 Å². The summed E-state index contributed by atoms with van der Waals surface area (Å²) in [5.41, 5.74) is 1.38. The molecule has 0 atom stereocenters. The molecule has 0 radical (unpaired) electrons. The highest BCUT2D eigenvalue weighted by Crippen LogP contribution is 2.32. The largest absolute Gasteiger partial charge is 0.460 e. The second-order valence-corrected chi connectivity index (χ2v) is 13.4. The van der Waals surface area contributed by atoms with Gasteiger partial charge in [-0.1, -0.05) is 31.5 Å². The van der Waals surface area contributed by atoms with Crippen LogP contribution in [-0.4, -0.2) is 151 Å². The van der Waals surface area contributed by atoms with E-state index in [-0.39, 0.29) is 37.0 Å². The maximum atomic E-state index is 13.1. The summed E-state index contributed by atoms with van der Waals surface area (Å²) >= 11 is 0. The minimum Gasteiger partial charge on any atom is -0.460 e. The topological polar surface area (TPSA) is 160 Å². The molecular formula is C45H63F3N2O13. The zero-order valence-corrected chi connectivity index (χ0v) is 36.1. The summed E-state index contributed by atoms with van der Waals surface area (Å²) in [5, 5.41) is 6.17. The zero-order valence-electron chi connectivity index (χ0n) is 36.1. The van der Waals surface area contributed by atoms with E-state index in [2.05, 4.69) is 17.6 Å². The Hall–Kier alpha value is -4.37. The van der Waals surface area contributed by atoms with Crippen LogP contribution in [0.5, 0.6) is 0 Å². The van der Waals surface area contributed by atoms with E-state index in [0.29, 0.717) is 124 Å². The third-order valence-corrected chi connectivity index (χ3v) is 8.49. The maximum Gasteiger partial charge on any atom is 0.416 e. The van der Waals surface area contributed by atoms with Gasteiger partial charge in [0.25, 0.3) is 0 Å². The van der Waals surface area contributed by atoms with Crippen LogP contribution in [0.25, 0.3) is 0 Å². The molecule has 0 saturated carbocycles. The first-order valence-corrected chi connectivity index (χ1v) is 21.2. The Morgan fingerprint density at radius 1 is 0.492 bits per heavy atom. The van der Waals surface area contributed by atoms with Gasteiger partial charge in [0, 0.05) is 17.9 Å². The zero-order chi connectivity index (χ0) is 45.1. The summed E-state index contributed by atoms with van der Waals surface area (Å²) in [5.74, 6) is -1.01.